The topological polar surface area (TPSA) is 88.0 Å². The molecule has 156 valence electrons. The summed E-state index contributed by atoms with van der Waals surface area (Å²) in [6, 6.07) is 18.0. The molecule has 0 bridgehead atoms. The first kappa shape index (κ1) is 21.1. The van der Waals surface area contributed by atoms with E-state index in [0.717, 1.165) is 11.3 Å². The molecule has 0 aliphatic carbocycles. The summed E-state index contributed by atoms with van der Waals surface area (Å²) in [4.78, 5) is 24.9. The van der Waals surface area contributed by atoms with Gasteiger partial charge in [-0.25, -0.2) is 9.48 Å². The van der Waals surface area contributed by atoms with Crippen molar-refractivity contribution in [3.8, 4) is 5.69 Å². The Labute approximate surface area is 176 Å². The number of hydrogen-bond acceptors (Lipinski definition) is 3. The van der Waals surface area contributed by atoms with Gasteiger partial charge in [0, 0.05) is 24.6 Å². The molecule has 0 saturated carbocycles. The maximum absolute atomic E-state index is 12.6. The monoisotopic (exact) mass is 405 g/mol. The van der Waals surface area contributed by atoms with Crippen molar-refractivity contribution in [1.82, 2.24) is 20.4 Å². The van der Waals surface area contributed by atoms with E-state index in [-0.39, 0.29) is 11.8 Å². The van der Waals surface area contributed by atoms with Crippen LogP contribution in [-0.2, 0) is 11.2 Å². The molecule has 7 nitrogen and oxygen atoms in total. The zero-order chi connectivity index (χ0) is 21.3. The van der Waals surface area contributed by atoms with E-state index in [0.29, 0.717) is 18.7 Å². The van der Waals surface area contributed by atoms with Gasteiger partial charge in [-0.3, -0.25) is 4.79 Å². The van der Waals surface area contributed by atoms with Crippen molar-refractivity contribution in [2.45, 2.75) is 26.3 Å². The molecule has 0 aliphatic heterocycles. The zero-order valence-corrected chi connectivity index (χ0v) is 17.2. The van der Waals surface area contributed by atoms with Gasteiger partial charge in [0.15, 0.2) is 0 Å². The molecule has 2 aromatic carbocycles. The minimum atomic E-state index is -0.615. The van der Waals surface area contributed by atoms with Crippen molar-refractivity contribution in [3.63, 3.8) is 0 Å². The second-order valence-electron chi connectivity index (χ2n) is 7.34. The molecule has 3 N–H and O–H groups in total. The van der Waals surface area contributed by atoms with E-state index in [1.165, 1.54) is 0 Å². The highest BCUT2D eigenvalue weighted by Crippen LogP contribution is 2.09. The van der Waals surface area contributed by atoms with Crippen LogP contribution in [0.15, 0.2) is 73.1 Å². The number of hydrogen-bond donors (Lipinski definition) is 3. The van der Waals surface area contributed by atoms with Crippen molar-refractivity contribution in [2.24, 2.45) is 5.92 Å². The van der Waals surface area contributed by atoms with E-state index < -0.39 is 12.1 Å². The van der Waals surface area contributed by atoms with Crippen LogP contribution in [0.5, 0.6) is 0 Å². The molecule has 1 unspecified atom stereocenters. The van der Waals surface area contributed by atoms with Crippen LogP contribution in [0.2, 0.25) is 0 Å². The van der Waals surface area contributed by atoms with Crippen LogP contribution in [-0.4, -0.2) is 34.3 Å². The molecule has 0 aliphatic rings. The number of para-hydroxylation sites is 1. The van der Waals surface area contributed by atoms with Crippen LogP contribution >= 0.6 is 0 Å². The number of benzene rings is 2. The number of amides is 3. The number of carbonyl (C=O) groups is 2. The van der Waals surface area contributed by atoms with Gasteiger partial charge in [0.1, 0.15) is 6.04 Å². The van der Waals surface area contributed by atoms with Gasteiger partial charge in [-0.2, -0.15) is 5.10 Å². The molecule has 1 heterocycles. The minimum Gasteiger partial charge on any atom is -0.354 e. The van der Waals surface area contributed by atoms with E-state index in [1.807, 2.05) is 68.6 Å². The lowest BCUT2D eigenvalue weighted by Gasteiger charge is -2.22. The molecule has 0 radical (unpaired) electrons. The molecule has 3 amide bonds. The van der Waals surface area contributed by atoms with Gasteiger partial charge < -0.3 is 16.0 Å². The average Bonchev–Trinajstić information content (AvgIpc) is 3.28. The molecule has 1 atom stereocenters. The Morgan fingerprint density at radius 3 is 2.37 bits per heavy atom. The molecule has 3 aromatic rings. The van der Waals surface area contributed by atoms with E-state index in [1.54, 1.807) is 23.0 Å². The van der Waals surface area contributed by atoms with Gasteiger partial charge in [0.05, 0.1) is 5.69 Å². The highest BCUT2D eigenvalue weighted by atomic mass is 16.2. The molecule has 1 aromatic heterocycles. The molecule has 30 heavy (non-hydrogen) atoms. The van der Waals surface area contributed by atoms with Crippen molar-refractivity contribution in [2.75, 3.05) is 11.9 Å². The maximum atomic E-state index is 12.6. The van der Waals surface area contributed by atoms with Crippen molar-refractivity contribution in [1.29, 1.82) is 0 Å². The van der Waals surface area contributed by atoms with Gasteiger partial charge >= 0.3 is 6.03 Å². The second-order valence-corrected chi connectivity index (χ2v) is 7.34. The summed E-state index contributed by atoms with van der Waals surface area (Å²) in [6.07, 6.45) is 4.33. The highest BCUT2D eigenvalue weighted by molar-refractivity contribution is 5.93. The quantitative estimate of drug-likeness (QED) is 0.537. The first-order chi connectivity index (χ1) is 14.5. The SMILES string of the molecule is CC(C)C(NC(=O)Nc1ccccc1)C(=O)NCCc1ccc(-n2cccn2)cc1. The number of carbonyl (C=O) groups excluding carboxylic acids is 2. The molecule has 7 heteroatoms. The standard InChI is InChI=1S/C23H27N5O2/c1-17(2)21(27-23(30)26-19-7-4-3-5-8-19)22(29)24-15-13-18-9-11-20(12-10-18)28-16-6-14-25-28/h3-12,14,16-17,21H,13,15H2,1-2H3,(H,24,29)(H2,26,27,30). The summed E-state index contributed by atoms with van der Waals surface area (Å²) in [5.74, 6) is -0.235. The third kappa shape index (κ3) is 5.94. The van der Waals surface area contributed by atoms with Gasteiger partial charge in [-0.05, 0) is 48.2 Å². The molecule has 3 rings (SSSR count). The Morgan fingerprint density at radius 1 is 1.00 bits per heavy atom. The smallest absolute Gasteiger partial charge is 0.319 e. The number of nitrogens with one attached hydrogen (secondary N) is 3. The van der Waals surface area contributed by atoms with Crippen LogP contribution in [0.25, 0.3) is 5.69 Å². The second kappa shape index (κ2) is 10.2. The van der Waals surface area contributed by atoms with Crippen molar-refractivity contribution in [3.05, 3.63) is 78.6 Å². The number of anilines is 1. The summed E-state index contributed by atoms with van der Waals surface area (Å²) in [6.45, 7) is 4.30. The fraction of sp³-hybridized carbons (Fsp3) is 0.261. The highest BCUT2D eigenvalue weighted by Gasteiger charge is 2.23. The number of urea groups is 1. The van der Waals surface area contributed by atoms with E-state index in [2.05, 4.69) is 21.0 Å². The van der Waals surface area contributed by atoms with Gasteiger partial charge in [-0.15, -0.1) is 0 Å². The summed E-state index contributed by atoms with van der Waals surface area (Å²) in [5.41, 5.74) is 2.78. The third-order valence-electron chi connectivity index (χ3n) is 4.69. The summed E-state index contributed by atoms with van der Waals surface area (Å²) in [5, 5.41) is 12.6. The summed E-state index contributed by atoms with van der Waals surface area (Å²) >= 11 is 0. The number of nitrogens with zero attached hydrogens (tertiary/aromatic N) is 2. The Hall–Kier alpha value is -3.61. The Kier molecular flexibility index (Phi) is 7.21. The van der Waals surface area contributed by atoms with Crippen LogP contribution < -0.4 is 16.0 Å². The van der Waals surface area contributed by atoms with Crippen LogP contribution in [0.3, 0.4) is 0 Å². The van der Waals surface area contributed by atoms with Crippen LogP contribution in [0.4, 0.5) is 10.5 Å². The number of aromatic nitrogens is 2. The molecule has 0 spiro atoms. The van der Waals surface area contributed by atoms with Gasteiger partial charge in [0.2, 0.25) is 5.91 Å². The maximum Gasteiger partial charge on any atom is 0.319 e. The van der Waals surface area contributed by atoms with E-state index in [4.69, 9.17) is 0 Å². The van der Waals surface area contributed by atoms with E-state index >= 15 is 0 Å². The number of rotatable bonds is 8. The predicted molar refractivity (Wildman–Crippen MR) is 118 cm³/mol. The minimum absolute atomic E-state index is 0.0418. The fourth-order valence-corrected chi connectivity index (χ4v) is 3.04. The van der Waals surface area contributed by atoms with E-state index in [9.17, 15) is 9.59 Å². The molecule has 0 fully saturated rings. The fourth-order valence-electron chi connectivity index (χ4n) is 3.04. The molecule has 0 saturated heterocycles. The van der Waals surface area contributed by atoms with Crippen LogP contribution in [0.1, 0.15) is 19.4 Å². The lowest BCUT2D eigenvalue weighted by atomic mass is 10.0. The first-order valence-electron chi connectivity index (χ1n) is 10.0. The van der Waals surface area contributed by atoms with Gasteiger partial charge in [0.25, 0.3) is 0 Å². The normalized spacial score (nSPS) is 11.7. The predicted octanol–water partition coefficient (Wildman–Crippen LogP) is 3.38. The lowest BCUT2D eigenvalue weighted by Crippen LogP contribution is -2.51. The molecular formula is C23H27N5O2. The molecular weight excluding hydrogens is 378 g/mol. The van der Waals surface area contributed by atoms with Crippen molar-refractivity contribution < 1.29 is 9.59 Å². The Bertz CT molecular complexity index is 937. The first-order valence-corrected chi connectivity index (χ1v) is 10.0. The Balaban J connectivity index is 1.48. The largest absolute Gasteiger partial charge is 0.354 e. The lowest BCUT2D eigenvalue weighted by molar-refractivity contribution is -0.123. The summed E-state index contributed by atoms with van der Waals surface area (Å²) < 4.78 is 1.80. The van der Waals surface area contributed by atoms with Crippen LogP contribution in [0, 0.1) is 5.92 Å². The summed E-state index contributed by atoms with van der Waals surface area (Å²) in [7, 11) is 0. The average molecular weight is 406 g/mol. The van der Waals surface area contributed by atoms with Gasteiger partial charge in [-0.1, -0.05) is 44.2 Å². The van der Waals surface area contributed by atoms with Crippen molar-refractivity contribution >= 4 is 17.6 Å². The zero-order valence-electron chi connectivity index (χ0n) is 17.2. The Morgan fingerprint density at radius 2 is 1.73 bits per heavy atom. The third-order valence-corrected chi connectivity index (χ3v) is 4.69.